The SMILES string of the molecule is COCCNC(=O)[C@]1(C)CCC(=O)N1Cc1cccc(OC)c1OC. The molecule has 1 N–H and O–H groups in total. The predicted octanol–water partition coefficient (Wildman–Crippen LogP) is 1.35. The first-order valence-electron chi connectivity index (χ1n) is 8.25. The lowest BCUT2D eigenvalue weighted by Crippen LogP contribution is -2.54. The van der Waals surface area contributed by atoms with Gasteiger partial charge in [0.2, 0.25) is 11.8 Å². The lowest BCUT2D eigenvalue weighted by Gasteiger charge is -2.34. The molecule has 1 aliphatic heterocycles. The zero-order valence-corrected chi connectivity index (χ0v) is 15.3. The van der Waals surface area contributed by atoms with Gasteiger partial charge in [-0.2, -0.15) is 0 Å². The van der Waals surface area contributed by atoms with Gasteiger partial charge in [0.05, 0.1) is 27.4 Å². The summed E-state index contributed by atoms with van der Waals surface area (Å²) >= 11 is 0. The Labute approximate surface area is 148 Å². The van der Waals surface area contributed by atoms with Crippen molar-refractivity contribution in [1.29, 1.82) is 0 Å². The average Bonchev–Trinajstić information content (AvgIpc) is 2.91. The highest BCUT2D eigenvalue weighted by atomic mass is 16.5. The first-order chi connectivity index (χ1) is 12.0. The third kappa shape index (κ3) is 3.87. The zero-order chi connectivity index (χ0) is 18.4. The van der Waals surface area contributed by atoms with Crippen molar-refractivity contribution in [2.75, 3.05) is 34.5 Å². The fourth-order valence-corrected chi connectivity index (χ4v) is 3.10. The van der Waals surface area contributed by atoms with Gasteiger partial charge in [0.25, 0.3) is 0 Å². The number of benzene rings is 1. The molecular formula is C18H26N2O5. The molecule has 1 aliphatic rings. The van der Waals surface area contributed by atoms with Crippen molar-refractivity contribution < 1.29 is 23.8 Å². The van der Waals surface area contributed by atoms with Crippen molar-refractivity contribution >= 4 is 11.8 Å². The third-order valence-corrected chi connectivity index (χ3v) is 4.62. The second kappa shape index (κ2) is 8.20. The molecule has 2 amide bonds. The van der Waals surface area contributed by atoms with Gasteiger partial charge in [-0.1, -0.05) is 12.1 Å². The largest absolute Gasteiger partial charge is 0.493 e. The Morgan fingerprint density at radius 3 is 2.68 bits per heavy atom. The summed E-state index contributed by atoms with van der Waals surface area (Å²) in [7, 11) is 4.70. The molecule has 0 unspecified atom stereocenters. The van der Waals surface area contributed by atoms with Crippen LogP contribution in [0.1, 0.15) is 25.3 Å². The number of methoxy groups -OCH3 is 3. The molecule has 1 atom stereocenters. The van der Waals surface area contributed by atoms with E-state index in [0.717, 1.165) is 5.56 Å². The van der Waals surface area contributed by atoms with E-state index < -0.39 is 5.54 Å². The number of ether oxygens (including phenoxy) is 3. The number of hydrogen-bond donors (Lipinski definition) is 1. The van der Waals surface area contributed by atoms with E-state index >= 15 is 0 Å². The van der Waals surface area contributed by atoms with Crippen LogP contribution in [0.4, 0.5) is 0 Å². The van der Waals surface area contributed by atoms with Crippen LogP contribution in [0.5, 0.6) is 11.5 Å². The van der Waals surface area contributed by atoms with Crippen LogP contribution >= 0.6 is 0 Å². The van der Waals surface area contributed by atoms with Crippen LogP contribution < -0.4 is 14.8 Å². The highest BCUT2D eigenvalue weighted by molar-refractivity contribution is 5.94. The first-order valence-corrected chi connectivity index (χ1v) is 8.25. The maximum atomic E-state index is 12.6. The smallest absolute Gasteiger partial charge is 0.245 e. The predicted molar refractivity (Wildman–Crippen MR) is 92.6 cm³/mol. The van der Waals surface area contributed by atoms with Gasteiger partial charge in [-0.25, -0.2) is 0 Å². The summed E-state index contributed by atoms with van der Waals surface area (Å²) < 4.78 is 15.7. The fraction of sp³-hybridized carbons (Fsp3) is 0.556. The number of rotatable bonds is 8. The van der Waals surface area contributed by atoms with Gasteiger partial charge in [0, 0.05) is 25.6 Å². The summed E-state index contributed by atoms with van der Waals surface area (Å²) in [5.74, 6) is 0.955. The van der Waals surface area contributed by atoms with E-state index in [2.05, 4.69) is 5.32 Å². The molecule has 1 heterocycles. The molecule has 0 aromatic heterocycles. The molecule has 7 heteroatoms. The van der Waals surface area contributed by atoms with Gasteiger partial charge in [-0.3, -0.25) is 9.59 Å². The molecule has 0 spiro atoms. The molecule has 0 radical (unpaired) electrons. The molecule has 7 nitrogen and oxygen atoms in total. The molecule has 2 rings (SSSR count). The lowest BCUT2D eigenvalue weighted by molar-refractivity contribution is -0.141. The van der Waals surface area contributed by atoms with Crippen molar-refractivity contribution in [3.8, 4) is 11.5 Å². The molecule has 1 aromatic rings. The van der Waals surface area contributed by atoms with Gasteiger partial charge in [0.1, 0.15) is 5.54 Å². The van der Waals surface area contributed by atoms with Gasteiger partial charge in [0.15, 0.2) is 11.5 Å². The van der Waals surface area contributed by atoms with E-state index in [9.17, 15) is 9.59 Å². The number of carbonyl (C=O) groups excluding carboxylic acids is 2. The summed E-state index contributed by atoms with van der Waals surface area (Å²) in [6, 6.07) is 5.51. The highest BCUT2D eigenvalue weighted by Gasteiger charge is 2.47. The molecule has 25 heavy (non-hydrogen) atoms. The Balaban J connectivity index is 2.24. The van der Waals surface area contributed by atoms with E-state index in [-0.39, 0.29) is 18.4 Å². The minimum Gasteiger partial charge on any atom is -0.493 e. The van der Waals surface area contributed by atoms with Crippen LogP contribution in [0.2, 0.25) is 0 Å². The quantitative estimate of drug-likeness (QED) is 0.716. The van der Waals surface area contributed by atoms with Crippen LogP contribution in [0.25, 0.3) is 0 Å². The van der Waals surface area contributed by atoms with Gasteiger partial charge in [-0.05, 0) is 19.4 Å². The summed E-state index contributed by atoms with van der Waals surface area (Å²) in [6.07, 6.45) is 0.831. The number of carbonyl (C=O) groups is 2. The van der Waals surface area contributed by atoms with Gasteiger partial charge < -0.3 is 24.4 Å². The van der Waals surface area contributed by atoms with E-state index in [4.69, 9.17) is 14.2 Å². The monoisotopic (exact) mass is 350 g/mol. The maximum absolute atomic E-state index is 12.6. The number of hydrogen-bond acceptors (Lipinski definition) is 5. The van der Waals surface area contributed by atoms with E-state index in [1.165, 1.54) is 0 Å². The Bertz CT molecular complexity index is 634. The summed E-state index contributed by atoms with van der Waals surface area (Å²) in [6.45, 7) is 2.93. The van der Waals surface area contributed by atoms with Gasteiger partial charge >= 0.3 is 0 Å². The molecule has 0 bridgehead atoms. The van der Waals surface area contributed by atoms with Crippen LogP contribution in [-0.2, 0) is 20.9 Å². The third-order valence-electron chi connectivity index (χ3n) is 4.62. The summed E-state index contributed by atoms with van der Waals surface area (Å²) in [4.78, 5) is 26.7. The highest BCUT2D eigenvalue weighted by Crippen LogP contribution is 2.36. The first kappa shape index (κ1) is 19.1. The van der Waals surface area contributed by atoms with Gasteiger partial charge in [-0.15, -0.1) is 0 Å². The van der Waals surface area contributed by atoms with Crippen LogP contribution in [0.3, 0.4) is 0 Å². The number of amides is 2. The van der Waals surface area contributed by atoms with Crippen molar-refractivity contribution in [3.05, 3.63) is 23.8 Å². The van der Waals surface area contributed by atoms with E-state index in [1.54, 1.807) is 39.2 Å². The van der Waals surface area contributed by atoms with E-state index in [0.29, 0.717) is 37.5 Å². The fourth-order valence-electron chi connectivity index (χ4n) is 3.10. The van der Waals surface area contributed by atoms with Crippen molar-refractivity contribution in [2.45, 2.75) is 31.8 Å². The second-order valence-corrected chi connectivity index (χ2v) is 6.16. The molecular weight excluding hydrogens is 324 g/mol. The standard InChI is InChI=1S/C18H26N2O5/c1-18(17(22)19-10-11-23-2)9-8-15(21)20(18)12-13-6-5-7-14(24-3)16(13)25-4/h5-7H,8-12H2,1-4H3,(H,19,22)/t18-/m0/s1. The second-order valence-electron chi connectivity index (χ2n) is 6.16. The minimum absolute atomic E-state index is 0.0470. The maximum Gasteiger partial charge on any atom is 0.245 e. The summed E-state index contributed by atoms with van der Waals surface area (Å²) in [5, 5.41) is 2.84. The molecule has 1 saturated heterocycles. The lowest BCUT2D eigenvalue weighted by atomic mass is 9.97. The van der Waals surface area contributed by atoms with Crippen LogP contribution in [-0.4, -0.2) is 56.7 Å². The summed E-state index contributed by atoms with van der Waals surface area (Å²) in [5.41, 5.74) is -0.0909. The van der Waals surface area contributed by atoms with Crippen molar-refractivity contribution in [1.82, 2.24) is 10.2 Å². The van der Waals surface area contributed by atoms with Crippen LogP contribution in [0, 0.1) is 0 Å². The molecule has 138 valence electrons. The topological polar surface area (TPSA) is 77.1 Å². The Morgan fingerprint density at radius 1 is 1.28 bits per heavy atom. The molecule has 0 aliphatic carbocycles. The number of nitrogens with one attached hydrogen (secondary N) is 1. The van der Waals surface area contributed by atoms with Crippen LogP contribution in [0.15, 0.2) is 18.2 Å². The molecule has 1 aromatic carbocycles. The molecule has 1 fully saturated rings. The van der Waals surface area contributed by atoms with Crippen molar-refractivity contribution in [2.24, 2.45) is 0 Å². The number of likely N-dealkylation sites (tertiary alicyclic amines) is 1. The normalized spacial score (nSPS) is 19.8. The Morgan fingerprint density at radius 2 is 2.04 bits per heavy atom. The number of para-hydroxylation sites is 1. The average molecular weight is 350 g/mol. The van der Waals surface area contributed by atoms with Crippen molar-refractivity contribution in [3.63, 3.8) is 0 Å². The van der Waals surface area contributed by atoms with E-state index in [1.807, 2.05) is 12.1 Å². The zero-order valence-electron chi connectivity index (χ0n) is 15.3. The minimum atomic E-state index is -0.890. The number of nitrogens with zero attached hydrogens (tertiary/aromatic N) is 1. The Hall–Kier alpha value is -2.28. The Kier molecular flexibility index (Phi) is 6.25. The molecule has 0 saturated carbocycles.